The van der Waals surface area contributed by atoms with E-state index in [1.165, 1.54) is 7.11 Å². The fourth-order valence-electron chi connectivity index (χ4n) is 5.66. The number of carbonyl (C=O) groups is 2. The molecule has 2 aliphatic heterocycles. The molecule has 4 atom stereocenters. The first-order chi connectivity index (χ1) is 18.7. The Hall–Kier alpha value is -2.88. The summed E-state index contributed by atoms with van der Waals surface area (Å²) in [7, 11) is 2.98. The van der Waals surface area contributed by atoms with Crippen molar-refractivity contribution < 1.29 is 23.8 Å². The van der Waals surface area contributed by atoms with Gasteiger partial charge in [0.2, 0.25) is 5.91 Å². The predicted molar refractivity (Wildman–Crippen MR) is 150 cm³/mol. The number of allylic oxidation sites excluding steroid dienone is 1. The van der Waals surface area contributed by atoms with Crippen molar-refractivity contribution in [3.8, 4) is 11.3 Å². The molecule has 2 N–H and O–H groups in total. The molecular weight excluding hydrogens is 520 g/mol. The zero-order chi connectivity index (χ0) is 28.1. The van der Waals surface area contributed by atoms with E-state index in [-0.39, 0.29) is 24.0 Å². The number of carbonyl (C=O) groups excluding carboxylic acids is 2. The topological polar surface area (TPSA) is 106 Å². The third-order valence-electron chi connectivity index (χ3n) is 7.80. The van der Waals surface area contributed by atoms with Crippen LogP contribution in [-0.2, 0) is 19.0 Å². The largest absolute Gasteiger partial charge is 0.453 e. The minimum Gasteiger partial charge on any atom is -0.453 e. The van der Waals surface area contributed by atoms with Crippen LogP contribution in [0.25, 0.3) is 16.8 Å². The van der Waals surface area contributed by atoms with Crippen molar-refractivity contribution in [3.05, 3.63) is 46.9 Å². The lowest BCUT2D eigenvalue weighted by molar-refractivity contribution is -0.137. The summed E-state index contributed by atoms with van der Waals surface area (Å²) in [6.45, 7) is 7.71. The van der Waals surface area contributed by atoms with Crippen molar-refractivity contribution in [1.29, 1.82) is 0 Å². The quantitative estimate of drug-likeness (QED) is 0.464. The van der Waals surface area contributed by atoms with E-state index >= 15 is 0 Å². The van der Waals surface area contributed by atoms with Crippen molar-refractivity contribution in [2.45, 2.75) is 58.2 Å². The molecule has 2 fully saturated rings. The molecule has 0 bridgehead atoms. The number of likely N-dealkylation sites (tertiary alicyclic amines) is 1. The van der Waals surface area contributed by atoms with E-state index < -0.39 is 12.1 Å². The third-order valence-corrected chi connectivity index (χ3v) is 8.01. The standard InChI is InChI=1S/C29H39ClN4O5/c1-17-14-24(34(16-17)28(35)26(33-29(36)38-5)22-10-12-39-13-11-22)27-31-15-23(32-27)20-6-8-21(9-7-20)25(18(2)30)19(3)37-4/h6-9,15,17,19,22,24,26H,10-14,16H2,1-5H3,(H,31,32)(H,33,36). The first-order valence-corrected chi connectivity index (χ1v) is 13.9. The average Bonchev–Trinajstić information content (AvgIpc) is 3.59. The van der Waals surface area contributed by atoms with E-state index in [2.05, 4.69) is 22.2 Å². The molecular formula is C29H39ClN4O5. The van der Waals surface area contributed by atoms with Crippen LogP contribution >= 0.6 is 11.6 Å². The first-order valence-electron chi connectivity index (χ1n) is 13.5. The lowest BCUT2D eigenvalue weighted by Gasteiger charge is -2.34. The zero-order valence-corrected chi connectivity index (χ0v) is 24.1. The number of H-pyrrole nitrogens is 1. The lowest BCUT2D eigenvalue weighted by atomic mass is 9.90. The normalized spacial score (nSPS) is 22.3. The first kappa shape index (κ1) is 29.1. The maximum Gasteiger partial charge on any atom is 0.407 e. The van der Waals surface area contributed by atoms with Crippen LogP contribution in [0.2, 0.25) is 0 Å². The van der Waals surface area contributed by atoms with E-state index in [0.717, 1.165) is 34.6 Å². The number of hydrogen-bond donors (Lipinski definition) is 2. The molecule has 2 aromatic rings. The number of halogens is 1. The maximum absolute atomic E-state index is 13.9. The van der Waals surface area contributed by atoms with Gasteiger partial charge < -0.3 is 29.4 Å². The van der Waals surface area contributed by atoms with Crippen LogP contribution in [0, 0.1) is 11.8 Å². The number of amides is 2. The summed E-state index contributed by atoms with van der Waals surface area (Å²) in [6.07, 6.45) is 3.28. The van der Waals surface area contributed by atoms with Crippen LogP contribution in [0.5, 0.6) is 0 Å². The number of benzene rings is 1. The molecule has 10 heteroatoms. The molecule has 212 valence electrons. The number of aromatic amines is 1. The van der Waals surface area contributed by atoms with Crippen molar-refractivity contribution in [3.63, 3.8) is 0 Å². The Kier molecular flexibility index (Phi) is 9.69. The summed E-state index contributed by atoms with van der Waals surface area (Å²) in [5.41, 5.74) is 3.79. The smallest absolute Gasteiger partial charge is 0.407 e. The average molecular weight is 559 g/mol. The highest BCUT2D eigenvalue weighted by Crippen LogP contribution is 2.37. The molecule has 0 aliphatic carbocycles. The fraction of sp³-hybridized carbons (Fsp3) is 0.552. The molecule has 2 amide bonds. The monoisotopic (exact) mass is 558 g/mol. The molecule has 3 heterocycles. The Morgan fingerprint density at radius 1 is 1.21 bits per heavy atom. The summed E-state index contributed by atoms with van der Waals surface area (Å²) < 4.78 is 15.8. The predicted octanol–water partition coefficient (Wildman–Crippen LogP) is 5.14. The number of hydrogen-bond acceptors (Lipinski definition) is 6. The number of ether oxygens (including phenoxy) is 3. The summed E-state index contributed by atoms with van der Waals surface area (Å²) in [4.78, 5) is 36.0. The number of rotatable bonds is 8. The van der Waals surface area contributed by atoms with Gasteiger partial charge in [-0.2, -0.15) is 0 Å². The van der Waals surface area contributed by atoms with E-state index in [1.54, 1.807) is 13.3 Å². The van der Waals surface area contributed by atoms with E-state index in [1.807, 2.05) is 43.0 Å². The molecule has 4 rings (SSSR count). The number of imidazole rings is 1. The Bertz CT molecular complexity index is 1170. The van der Waals surface area contributed by atoms with Gasteiger partial charge in [0, 0.05) is 37.5 Å². The maximum atomic E-state index is 13.9. The van der Waals surface area contributed by atoms with E-state index in [4.69, 9.17) is 25.8 Å². The molecule has 0 radical (unpaired) electrons. The van der Waals surface area contributed by atoms with Crippen molar-refractivity contribution in [2.24, 2.45) is 11.8 Å². The summed E-state index contributed by atoms with van der Waals surface area (Å²) >= 11 is 6.36. The van der Waals surface area contributed by atoms with Gasteiger partial charge in [-0.15, -0.1) is 0 Å². The molecule has 39 heavy (non-hydrogen) atoms. The van der Waals surface area contributed by atoms with Gasteiger partial charge in [-0.3, -0.25) is 4.79 Å². The second-order valence-electron chi connectivity index (χ2n) is 10.5. The Morgan fingerprint density at radius 3 is 2.51 bits per heavy atom. The van der Waals surface area contributed by atoms with Gasteiger partial charge in [-0.05, 0) is 56.1 Å². The second kappa shape index (κ2) is 13.0. The third kappa shape index (κ3) is 6.65. The molecule has 9 nitrogen and oxygen atoms in total. The fourth-order valence-corrected chi connectivity index (χ4v) is 5.92. The summed E-state index contributed by atoms with van der Waals surface area (Å²) in [5.74, 6) is 0.920. The van der Waals surface area contributed by atoms with Crippen molar-refractivity contribution in [1.82, 2.24) is 20.2 Å². The Morgan fingerprint density at radius 2 is 1.90 bits per heavy atom. The van der Waals surface area contributed by atoms with Crippen LogP contribution < -0.4 is 5.32 Å². The van der Waals surface area contributed by atoms with Gasteiger partial charge in [0.15, 0.2) is 0 Å². The van der Waals surface area contributed by atoms with Gasteiger partial charge in [-0.25, -0.2) is 9.78 Å². The zero-order valence-electron chi connectivity index (χ0n) is 23.3. The molecule has 1 aromatic heterocycles. The lowest BCUT2D eigenvalue weighted by Crippen LogP contribution is -2.53. The van der Waals surface area contributed by atoms with Crippen molar-refractivity contribution in [2.75, 3.05) is 34.0 Å². The van der Waals surface area contributed by atoms with Gasteiger partial charge >= 0.3 is 6.09 Å². The minimum absolute atomic E-state index is 0.0102. The number of alkyl carbamates (subject to hydrolysis) is 1. The summed E-state index contributed by atoms with van der Waals surface area (Å²) in [5, 5.41) is 3.50. The summed E-state index contributed by atoms with van der Waals surface area (Å²) in [6, 6.07) is 7.22. The molecule has 0 saturated carbocycles. The number of nitrogens with one attached hydrogen (secondary N) is 2. The SMILES string of the molecule is COC(=O)NC(C(=O)N1CC(C)CC1c1ncc(-c2ccc(C(=C(C)Cl)C(C)OC)cc2)[nH]1)C1CCOCC1. The Balaban J connectivity index is 1.56. The van der Waals surface area contributed by atoms with Gasteiger partial charge in [-0.1, -0.05) is 42.8 Å². The molecule has 0 spiro atoms. The van der Waals surface area contributed by atoms with E-state index in [9.17, 15) is 9.59 Å². The number of aromatic nitrogens is 2. The van der Waals surface area contributed by atoms with Crippen LogP contribution in [0.1, 0.15) is 57.5 Å². The molecule has 2 aliphatic rings. The van der Waals surface area contributed by atoms with Crippen LogP contribution in [-0.4, -0.2) is 73.0 Å². The van der Waals surface area contributed by atoms with Gasteiger partial charge in [0.1, 0.15) is 11.9 Å². The molecule has 2 saturated heterocycles. The molecule has 1 aromatic carbocycles. The minimum atomic E-state index is -0.668. The number of nitrogens with zero attached hydrogens (tertiary/aromatic N) is 2. The second-order valence-corrected chi connectivity index (χ2v) is 11.1. The van der Waals surface area contributed by atoms with E-state index in [0.29, 0.717) is 43.6 Å². The highest BCUT2D eigenvalue weighted by molar-refractivity contribution is 6.32. The number of methoxy groups -OCH3 is 2. The van der Waals surface area contributed by atoms with Crippen molar-refractivity contribution >= 4 is 29.2 Å². The molecule has 4 unspecified atom stereocenters. The highest BCUT2D eigenvalue weighted by Gasteiger charge is 2.42. The van der Waals surface area contributed by atoms with Crippen LogP contribution in [0.3, 0.4) is 0 Å². The Labute approximate surface area is 235 Å². The van der Waals surface area contributed by atoms with Crippen LogP contribution in [0.15, 0.2) is 35.5 Å². The highest BCUT2D eigenvalue weighted by atomic mass is 35.5. The van der Waals surface area contributed by atoms with Gasteiger partial charge in [0.25, 0.3) is 0 Å². The van der Waals surface area contributed by atoms with Gasteiger partial charge in [0.05, 0.1) is 31.1 Å². The van der Waals surface area contributed by atoms with Crippen LogP contribution in [0.4, 0.5) is 4.79 Å².